The Morgan fingerprint density at radius 3 is 2.50 bits per heavy atom. The number of nitrogens with two attached hydrogens (primary N) is 1. The standard InChI is InChI=1S/C9H17N3O2/c1-12-4-2-9(14,3-5-12)6-7(10)8(11)13/h10,14H,2-6H2,1H3,(H2,11,13). The molecule has 1 saturated heterocycles. The van der Waals surface area contributed by atoms with Crippen molar-refractivity contribution in [2.24, 2.45) is 5.73 Å². The van der Waals surface area contributed by atoms with Gasteiger partial charge in [-0.2, -0.15) is 0 Å². The number of amides is 1. The van der Waals surface area contributed by atoms with Crippen molar-refractivity contribution >= 4 is 11.6 Å². The van der Waals surface area contributed by atoms with Gasteiger partial charge in [0.15, 0.2) is 0 Å². The molecule has 0 aromatic heterocycles. The number of nitrogens with one attached hydrogen (secondary N) is 1. The fourth-order valence-electron chi connectivity index (χ4n) is 1.63. The first kappa shape index (κ1) is 11.1. The van der Waals surface area contributed by atoms with Crippen LogP contribution in [0.5, 0.6) is 0 Å². The van der Waals surface area contributed by atoms with Crippen molar-refractivity contribution in [1.29, 1.82) is 5.41 Å². The van der Waals surface area contributed by atoms with Gasteiger partial charge in [-0.3, -0.25) is 10.2 Å². The molecule has 14 heavy (non-hydrogen) atoms. The summed E-state index contributed by atoms with van der Waals surface area (Å²) in [5.74, 6) is -0.739. The van der Waals surface area contributed by atoms with Gasteiger partial charge in [-0.05, 0) is 19.9 Å². The molecule has 1 aliphatic heterocycles. The molecule has 5 nitrogen and oxygen atoms in total. The molecule has 1 amide bonds. The smallest absolute Gasteiger partial charge is 0.262 e. The molecule has 1 aliphatic rings. The highest BCUT2D eigenvalue weighted by molar-refractivity contribution is 6.37. The van der Waals surface area contributed by atoms with E-state index in [1.165, 1.54) is 0 Å². The van der Waals surface area contributed by atoms with Crippen LogP contribution in [0.15, 0.2) is 0 Å². The van der Waals surface area contributed by atoms with Gasteiger partial charge < -0.3 is 15.7 Å². The minimum Gasteiger partial charge on any atom is -0.389 e. The molecule has 1 fully saturated rings. The molecule has 0 aromatic rings. The van der Waals surface area contributed by atoms with Crippen LogP contribution in [0.3, 0.4) is 0 Å². The summed E-state index contributed by atoms with van der Waals surface area (Å²) in [4.78, 5) is 12.8. The number of primary amides is 1. The Hall–Kier alpha value is -0.940. The molecule has 0 aromatic carbocycles. The molecule has 1 heterocycles. The third-order valence-electron chi connectivity index (χ3n) is 2.72. The first-order chi connectivity index (χ1) is 6.43. The average molecular weight is 199 g/mol. The second-order valence-electron chi connectivity index (χ2n) is 4.05. The summed E-state index contributed by atoms with van der Waals surface area (Å²) in [5, 5.41) is 17.3. The number of rotatable bonds is 3. The summed E-state index contributed by atoms with van der Waals surface area (Å²) < 4.78 is 0. The van der Waals surface area contributed by atoms with E-state index >= 15 is 0 Å². The number of carbonyl (C=O) groups is 1. The van der Waals surface area contributed by atoms with E-state index < -0.39 is 11.5 Å². The van der Waals surface area contributed by atoms with E-state index in [0.717, 1.165) is 13.1 Å². The first-order valence-corrected chi connectivity index (χ1v) is 4.71. The summed E-state index contributed by atoms with van der Waals surface area (Å²) in [6.07, 6.45) is 1.27. The number of hydrogen-bond acceptors (Lipinski definition) is 4. The Labute approximate surface area is 83.4 Å². The molecule has 4 N–H and O–H groups in total. The molecule has 0 unspecified atom stereocenters. The Kier molecular flexibility index (Phi) is 3.23. The maximum atomic E-state index is 10.7. The summed E-state index contributed by atoms with van der Waals surface area (Å²) in [7, 11) is 1.99. The predicted octanol–water partition coefficient (Wildman–Crippen LogP) is -0.662. The third kappa shape index (κ3) is 2.78. The van der Waals surface area contributed by atoms with E-state index in [4.69, 9.17) is 11.1 Å². The van der Waals surface area contributed by atoms with Crippen LogP contribution in [-0.2, 0) is 4.79 Å². The van der Waals surface area contributed by atoms with Crippen LogP contribution >= 0.6 is 0 Å². The molecule has 0 bridgehead atoms. The van der Waals surface area contributed by atoms with Gasteiger partial charge in [0.05, 0.1) is 11.3 Å². The third-order valence-corrected chi connectivity index (χ3v) is 2.72. The zero-order valence-electron chi connectivity index (χ0n) is 8.42. The SMILES string of the molecule is CN1CCC(O)(CC(=N)C(N)=O)CC1. The lowest BCUT2D eigenvalue weighted by atomic mass is 9.86. The average Bonchev–Trinajstić information content (AvgIpc) is 2.10. The molecule has 0 aliphatic carbocycles. The van der Waals surface area contributed by atoms with Gasteiger partial charge in [0.2, 0.25) is 0 Å². The molecule has 1 rings (SSSR count). The maximum absolute atomic E-state index is 10.7. The summed E-state index contributed by atoms with van der Waals surface area (Å²) in [6.45, 7) is 1.59. The quantitative estimate of drug-likeness (QED) is 0.527. The van der Waals surface area contributed by atoms with Crippen LogP contribution in [0.4, 0.5) is 0 Å². The molecule has 5 heteroatoms. The number of piperidine rings is 1. The minimum atomic E-state index is -0.904. The number of aliphatic hydroxyl groups is 1. The van der Waals surface area contributed by atoms with Crippen LogP contribution in [0.2, 0.25) is 0 Å². The first-order valence-electron chi connectivity index (χ1n) is 4.71. The van der Waals surface area contributed by atoms with Crippen molar-refractivity contribution in [3.8, 4) is 0 Å². The highest BCUT2D eigenvalue weighted by atomic mass is 16.3. The topological polar surface area (TPSA) is 90.4 Å². The van der Waals surface area contributed by atoms with Gasteiger partial charge in [0.1, 0.15) is 0 Å². The van der Waals surface area contributed by atoms with Crippen molar-refractivity contribution in [2.75, 3.05) is 20.1 Å². The van der Waals surface area contributed by atoms with Gasteiger partial charge >= 0.3 is 0 Å². The number of nitrogens with zero attached hydrogens (tertiary/aromatic N) is 1. The van der Waals surface area contributed by atoms with Crippen LogP contribution in [0.25, 0.3) is 0 Å². The van der Waals surface area contributed by atoms with Crippen LogP contribution in [0, 0.1) is 5.41 Å². The summed E-state index contributed by atoms with van der Waals surface area (Å²) in [5.41, 5.74) is 3.87. The van der Waals surface area contributed by atoms with Crippen molar-refractivity contribution in [3.05, 3.63) is 0 Å². The monoisotopic (exact) mass is 199 g/mol. The molecule has 0 atom stereocenters. The number of likely N-dealkylation sites (tertiary alicyclic amines) is 1. The zero-order chi connectivity index (χ0) is 10.8. The number of carbonyl (C=O) groups excluding carboxylic acids is 1. The molecule has 0 spiro atoms. The predicted molar refractivity (Wildman–Crippen MR) is 53.2 cm³/mol. The summed E-state index contributed by atoms with van der Waals surface area (Å²) in [6, 6.07) is 0. The van der Waals surface area contributed by atoms with Crippen LogP contribution in [0.1, 0.15) is 19.3 Å². The highest BCUT2D eigenvalue weighted by Gasteiger charge is 2.33. The maximum Gasteiger partial charge on any atom is 0.262 e. The molecule has 0 saturated carbocycles. The van der Waals surface area contributed by atoms with E-state index in [-0.39, 0.29) is 12.1 Å². The normalized spacial score (nSPS) is 21.9. The lowest BCUT2D eigenvalue weighted by molar-refractivity contribution is -0.112. The second kappa shape index (κ2) is 4.06. The fraction of sp³-hybridized carbons (Fsp3) is 0.778. The van der Waals surface area contributed by atoms with Gasteiger partial charge in [0.25, 0.3) is 5.91 Å². The van der Waals surface area contributed by atoms with E-state index in [1.54, 1.807) is 0 Å². The Morgan fingerprint density at radius 1 is 1.57 bits per heavy atom. The van der Waals surface area contributed by atoms with Crippen molar-refractivity contribution in [3.63, 3.8) is 0 Å². The zero-order valence-corrected chi connectivity index (χ0v) is 8.42. The Morgan fingerprint density at radius 2 is 2.07 bits per heavy atom. The van der Waals surface area contributed by atoms with Crippen LogP contribution < -0.4 is 5.73 Å². The molecule has 0 radical (unpaired) electrons. The van der Waals surface area contributed by atoms with Crippen molar-refractivity contribution in [2.45, 2.75) is 24.9 Å². The molecular weight excluding hydrogens is 182 g/mol. The van der Waals surface area contributed by atoms with E-state index in [2.05, 4.69) is 4.90 Å². The highest BCUT2D eigenvalue weighted by Crippen LogP contribution is 2.24. The lowest BCUT2D eigenvalue weighted by Crippen LogP contribution is -2.45. The van der Waals surface area contributed by atoms with Gasteiger partial charge in [-0.25, -0.2) is 0 Å². The van der Waals surface area contributed by atoms with Crippen LogP contribution in [-0.4, -0.2) is 47.4 Å². The van der Waals surface area contributed by atoms with Gasteiger partial charge in [0, 0.05) is 19.5 Å². The van der Waals surface area contributed by atoms with Gasteiger partial charge in [-0.15, -0.1) is 0 Å². The molecular formula is C9H17N3O2. The van der Waals surface area contributed by atoms with Gasteiger partial charge in [-0.1, -0.05) is 0 Å². The van der Waals surface area contributed by atoms with Crippen molar-refractivity contribution in [1.82, 2.24) is 4.90 Å². The van der Waals surface area contributed by atoms with E-state index in [1.807, 2.05) is 7.05 Å². The van der Waals surface area contributed by atoms with Crippen molar-refractivity contribution < 1.29 is 9.90 Å². The minimum absolute atomic E-state index is 0.0795. The number of hydrogen-bond donors (Lipinski definition) is 3. The lowest BCUT2D eigenvalue weighted by Gasteiger charge is -2.36. The Balaban J connectivity index is 2.50. The van der Waals surface area contributed by atoms with E-state index in [0.29, 0.717) is 12.8 Å². The van der Waals surface area contributed by atoms with E-state index in [9.17, 15) is 9.90 Å². The Bertz CT molecular complexity index is 244. The fourth-order valence-corrected chi connectivity index (χ4v) is 1.63. The molecule has 80 valence electrons. The second-order valence-corrected chi connectivity index (χ2v) is 4.05. The summed E-state index contributed by atoms with van der Waals surface area (Å²) >= 11 is 0. The largest absolute Gasteiger partial charge is 0.389 e.